The van der Waals surface area contributed by atoms with Crippen molar-refractivity contribution in [3.05, 3.63) is 0 Å². The maximum atomic E-state index is 11.7. The highest BCUT2D eigenvalue weighted by molar-refractivity contribution is 7.99. The number of rotatable bonds is 4. The molecule has 0 N–H and O–H groups in total. The van der Waals surface area contributed by atoms with Gasteiger partial charge in [-0.1, -0.05) is 26.2 Å². The number of carbonyl (C=O) groups excluding carboxylic acids is 1. The molecule has 0 heterocycles. The zero-order chi connectivity index (χ0) is 9.68. The molecule has 0 bridgehead atoms. The molecule has 0 radical (unpaired) electrons. The zero-order valence-electron chi connectivity index (χ0n) is 8.71. The van der Waals surface area contributed by atoms with Crippen LogP contribution < -0.4 is 0 Å². The first-order chi connectivity index (χ1) is 6.29. The summed E-state index contributed by atoms with van der Waals surface area (Å²) in [5.74, 6) is 2.31. The van der Waals surface area contributed by atoms with Crippen molar-refractivity contribution in [1.82, 2.24) is 0 Å². The van der Waals surface area contributed by atoms with E-state index < -0.39 is 0 Å². The lowest BCUT2D eigenvalue weighted by atomic mass is 9.76. The van der Waals surface area contributed by atoms with Gasteiger partial charge in [-0.2, -0.15) is 11.8 Å². The van der Waals surface area contributed by atoms with Crippen molar-refractivity contribution in [1.29, 1.82) is 0 Å². The number of ketones is 1. The van der Waals surface area contributed by atoms with Gasteiger partial charge in [0.05, 0.1) is 5.75 Å². The molecule has 0 aromatic carbocycles. The van der Waals surface area contributed by atoms with Crippen LogP contribution in [0, 0.1) is 11.8 Å². The summed E-state index contributed by atoms with van der Waals surface area (Å²) in [6.07, 6.45) is 8.23. The van der Waals surface area contributed by atoms with Crippen LogP contribution in [-0.4, -0.2) is 17.8 Å². The van der Waals surface area contributed by atoms with Gasteiger partial charge in [-0.3, -0.25) is 4.79 Å². The fourth-order valence-electron chi connectivity index (χ4n) is 2.37. The largest absolute Gasteiger partial charge is 0.298 e. The SMILES string of the molecule is CCC1CCCCC1C(=O)CSC. The standard InChI is InChI=1S/C11H20OS/c1-3-9-6-4-5-7-10(9)11(12)8-13-2/h9-10H,3-8H2,1-2H3. The first-order valence-corrected chi connectivity index (χ1v) is 6.70. The van der Waals surface area contributed by atoms with E-state index in [1.54, 1.807) is 11.8 Å². The van der Waals surface area contributed by atoms with Crippen molar-refractivity contribution in [3.8, 4) is 0 Å². The van der Waals surface area contributed by atoms with Crippen LogP contribution in [0.3, 0.4) is 0 Å². The third kappa shape index (κ3) is 3.01. The molecule has 1 nitrogen and oxygen atoms in total. The monoisotopic (exact) mass is 200 g/mol. The molecule has 0 saturated heterocycles. The van der Waals surface area contributed by atoms with E-state index in [2.05, 4.69) is 6.92 Å². The molecular formula is C11H20OS. The predicted octanol–water partition coefficient (Wildman–Crippen LogP) is 3.13. The number of Topliss-reactive ketones (excluding diaryl/α,β-unsaturated/α-hetero) is 1. The molecule has 0 aliphatic heterocycles. The van der Waals surface area contributed by atoms with Gasteiger partial charge < -0.3 is 0 Å². The Kier molecular flexibility index (Phi) is 4.86. The summed E-state index contributed by atoms with van der Waals surface area (Å²) in [5, 5.41) is 0. The van der Waals surface area contributed by atoms with Gasteiger partial charge in [0.2, 0.25) is 0 Å². The smallest absolute Gasteiger partial charge is 0.146 e. The van der Waals surface area contributed by atoms with Crippen LogP contribution in [0.15, 0.2) is 0 Å². The first-order valence-electron chi connectivity index (χ1n) is 5.31. The summed E-state index contributed by atoms with van der Waals surface area (Å²) in [6, 6.07) is 0. The summed E-state index contributed by atoms with van der Waals surface area (Å²) in [6.45, 7) is 2.22. The average Bonchev–Trinajstić information content (AvgIpc) is 2.18. The van der Waals surface area contributed by atoms with Crippen molar-refractivity contribution in [3.63, 3.8) is 0 Å². The highest BCUT2D eigenvalue weighted by Crippen LogP contribution is 2.33. The molecule has 0 amide bonds. The molecule has 1 fully saturated rings. The summed E-state index contributed by atoms with van der Waals surface area (Å²) < 4.78 is 0. The number of hydrogen-bond acceptors (Lipinski definition) is 2. The van der Waals surface area contributed by atoms with Crippen LogP contribution >= 0.6 is 11.8 Å². The van der Waals surface area contributed by atoms with Gasteiger partial charge in [0, 0.05) is 5.92 Å². The van der Waals surface area contributed by atoms with Crippen LogP contribution in [0.2, 0.25) is 0 Å². The van der Waals surface area contributed by atoms with Crippen LogP contribution in [0.25, 0.3) is 0 Å². The second-order valence-corrected chi connectivity index (χ2v) is 4.82. The average molecular weight is 200 g/mol. The molecule has 1 rings (SSSR count). The predicted molar refractivity (Wildman–Crippen MR) is 59.1 cm³/mol. The molecule has 0 aromatic heterocycles. The van der Waals surface area contributed by atoms with Gasteiger partial charge in [-0.25, -0.2) is 0 Å². The topological polar surface area (TPSA) is 17.1 Å². The first kappa shape index (κ1) is 11.1. The lowest BCUT2D eigenvalue weighted by Gasteiger charge is -2.29. The van der Waals surface area contributed by atoms with Gasteiger partial charge in [-0.05, 0) is 25.0 Å². The molecule has 1 saturated carbocycles. The van der Waals surface area contributed by atoms with E-state index >= 15 is 0 Å². The minimum atomic E-state index is 0.395. The van der Waals surface area contributed by atoms with E-state index in [0.29, 0.717) is 17.6 Å². The second kappa shape index (κ2) is 5.69. The lowest BCUT2D eigenvalue weighted by Crippen LogP contribution is -2.28. The van der Waals surface area contributed by atoms with E-state index in [1.807, 2.05) is 6.26 Å². The maximum Gasteiger partial charge on any atom is 0.146 e. The van der Waals surface area contributed by atoms with Gasteiger partial charge in [0.1, 0.15) is 5.78 Å². The van der Waals surface area contributed by atoms with Gasteiger partial charge >= 0.3 is 0 Å². The molecular weight excluding hydrogens is 180 g/mol. The summed E-state index contributed by atoms with van der Waals surface area (Å²) in [5.41, 5.74) is 0. The maximum absolute atomic E-state index is 11.7. The van der Waals surface area contributed by atoms with Gasteiger partial charge in [0.25, 0.3) is 0 Å². The van der Waals surface area contributed by atoms with Gasteiger partial charge in [-0.15, -0.1) is 0 Å². The quantitative estimate of drug-likeness (QED) is 0.693. The van der Waals surface area contributed by atoms with Crippen LogP contribution in [-0.2, 0) is 4.79 Å². The summed E-state index contributed by atoms with van der Waals surface area (Å²) >= 11 is 1.67. The molecule has 2 atom stereocenters. The fraction of sp³-hybridized carbons (Fsp3) is 0.909. The molecule has 1 aliphatic rings. The molecule has 0 spiro atoms. The third-order valence-electron chi connectivity index (χ3n) is 3.13. The number of hydrogen-bond donors (Lipinski definition) is 0. The molecule has 2 heteroatoms. The number of thioether (sulfide) groups is 1. The Balaban J connectivity index is 2.48. The highest BCUT2D eigenvalue weighted by Gasteiger charge is 2.28. The molecule has 1 aliphatic carbocycles. The van der Waals surface area contributed by atoms with E-state index in [1.165, 1.54) is 25.7 Å². The summed E-state index contributed by atoms with van der Waals surface area (Å²) in [4.78, 5) is 11.7. The van der Waals surface area contributed by atoms with Crippen molar-refractivity contribution in [2.75, 3.05) is 12.0 Å². The Morgan fingerprint density at radius 3 is 2.69 bits per heavy atom. The molecule has 0 aromatic rings. The Hall–Kier alpha value is 0.0200. The van der Waals surface area contributed by atoms with Crippen LogP contribution in [0.5, 0.6) is 0 Å². The Morgan fingerprint density at radius 2 is 2.08 bits per heavy atom. The second-order valence-electron chi connectivity index (χ2n) is 3.96. The Labute approximate surface area is 85.7 Å². The fourth-order valence-corrected chi connectivity index (χ4v) is 2.87. The normalized spacial score (nSPS) is 28.8. The van der Waals surface area contributed by atoms with Crippen molar-refractivity contribution in [2.45, 2.75) is 39.0 Å². The molecule has 76 valence electrons. The van der Waals surface area contributed by atoms with Crippen molar-refractivity contribution >= 4 is 17.5 Å². The van der Waals surface area contributed by atoms with Crippen molar-refractivity contribution in [2.24, 2.45) is 11.8 Å². The Morgan fingerprint density at radius 1 is 1.38 bits per heavy atom. The Bertz CT molecular complexity index is 167. The third-order valence-corrected chi connectivity index (χ3v) is 3.71. The lowest BCUT2D eigenvalue weighted by molar-refractivity contribution is -0.123. The van der Waals surface area contributed by atoms with Crippen molar-refractivity contribution < 1.29 is 4.79 Å². The molecule has 2 unspecified atom stereocenters. The van der Waals surface area contributed by atoms with E-state index in [9.17, 15) is 4.79 Å². The number of carbonyl (C=O) groups is 1. The highest BCUT2D eigenvalue weighted by atomic mass is 32.2. The van der Waals surface area contributed by atoms with Crippen LogP contribution in [0.1, 0.15) is 39.0 Å². The van der Waals surface area contributed by atoms with E-state index in [-0.39, 0.29) is 0 Å². The van der Waals surface area contributed by atoms with Crippen LogP contribution in [0.4, 0.5) is 0 Å². The van der Waals surface area contributed by atoms with E-state index in [4.69, 9.17) is 0 Å². The summed E-state index contributed by atoms with van der Waals surface area (Å²) in [7, 11) is 0. The zero-order valence-corrected chi connectivity index (χ0v) is 9.53. The molecule has 13 heavy (non-hydrogen) atoms. The van der Waals surface area contributed by atoms with Gasteiger partial charge in [0.15, 0.2) is 0 Å². The van der Waals surface area contributed by atoms with E-state index in [0.717, 1.165) is 12.2 Å². The minimum Gasteiger partial charge on any atom is -0.298 e. The minimum absolute atomic E-state index is 0.395.